The third-order valence-electron chi connectivity index (χ3n) is 5.61. The van der Waals surface area contributed by atoms with E-state index in [1.54, 1.807) is 30.7 Å². The number of halogens is 1. The number of imidazole rings is 1. The van der Waals surface area contributed by atoms with E-state index in [1.165, 1.54) is 18.3 Å². The highest BCUT2D eigenvalue weighted by molar-refractivity contribution is 7.17. The molecule has 5 heterocycles. The van der Waals surface area contributed by atoms with Crippen molar-refractivity contribution in [1.29, 1.82) is 0 Å². The number of rotatable bonds is 4. The molecule has 0 bridgehead atoms. The van der Waals surface area contributed by atoms with Crippen LogP contribution in [0, 0.1) is 5.82 Å². The number of Topliss-reactive ketones (excluding diaryl/α,β-unsaturated/α-hetero) is 1. The summed E-state index contributed by atoms with van der Waals surface area (Å²) in [6.45, 7) is 1.54. The molecule has 1 aliphatic heterocycles. The fraction of sp³-hybridized carbons (Fsp3) is 0.0400. The van der Waals surface area contributed by atoms with Crippen molar-refractivity contribution in [3.8, 4) is 22.1 Å². The van der Waals surface area contributed by atoms with Crippen molar-refractivity contribution in [2.45, 2.75) is 6.92 Å². The Labute approximate surface area is 196 Å². The summed E-state index contributed by atoms with van der Waals surface area (Å²) in [5.74, 6) is 0.0501. The third kappa shape index (κ3) is 3.25. The Balaban J connectivity index is 1.50. The van der Waals surface area contributed by atoms with Crippen molar-refractivity contribution in [2.24, 2.45) is 0 Å². The molecule has 4 aromatic heterocycles. The Morgan fingerprint density at radius 3 is 2.82 bits per heavy atom. The molecule has 0 radical (unpaired) electrons. The summed E-state index contributed by atoms with van der Waals surface area (Å²) in [7, 11) is 0. The second-order valence-corrected chi connectivity index (χ2v) is 8.85. The number of H-pyrrole nitrogens is 2. The minimum atomic E-state index is -0.385. The number of benzene rings is 1. The Morgan fingerprint density at radius 1 is 1.06 bits per heavy atom. The van der Waals surface area contributed by atoms with Crippen molar-refractivity contribution in [1.82, 2.24) is 30.5 Å². The van der Waals surface area contributed by atoms with Crippen LogP contribution < -0.4 is 5.32 Å². The minimum absolute atomic E-state index is 0.00465. The third-order valence-corrected chi connectivity index (χ3v) is 6.80. The standard InChI is InChI=1S/C25H17FN6OS/c1-13(33)18-7-8-19(34-18)23-22-17(9-11-28-23)29-25(30-22)24-20-16(31-32-24)6-5-15(21(20)26)14-4-2-3-10-27-12-14/h2-12,27H,1H3,(H,29,30)(H,31,32). The monoisotopic (exact) mass is 468 g/mol. The first kappa shape index (κ1) is 20.3. The Morgan fingerprint density at radius 2 is 1.97 bits per heavy atom. The highest BCUT2D eigenvalue weighted by Crippen LogP contribution is 2.35. The zero-order chi connectivity index (χ0) is 23.2. The number of carbonyl (C=O) groups excluding carboxylic acids is 1. The molecular weight excluding hydrogens is 451 g/mol. The van der Waals surface area contributed by atoms with E-state index in [-0.39, 0.29) is 11.6 Å². The number of nitrogens with zero attached hydrogens (tertiary/aromatic N) is 3. The SMILES string of the molecule is CC(=O)c1ccc(-c2nccc3[nH]c(-c4n[nH]c5ccc(C6=CNC=CC=C6)c(F)c45)nc23)s1. The van der Waals surface area contributed by atoms with E-state index in [2.05, 4.69) is 25.5 Å². The summed E-state index contributed by atoms with van der Waals surface area (Å²) >= 11 is 1.37. The second-order valence-electron chi connectivity index (χ2n) is 7.77. The Hall–Kier alpha value is -4.37. The van der Waals surface area contributed by atoms with Gasteiger partial charge in [0.05, 0.1) is 26.2 Å². The van der Waals surface area contributed by atoms with Crippen LogP contribution >= 0.6 is 11.3 Å². The number of aromatic amines is 2. The molecule has 9 heteroatoms. The fourth-order valence-corrected chi connectivity index (χ4v) is 4.87. The maximum Gasteiger partial charge on any atom is 0.169 e. The number of pyridine rings is 1. The number of aromatic nitrogens is 5. The van der Waals surface area contributed by atoms with Crippen LogP contribution in [0.15, 0.2) is 67.2 Å². The number of nitrogens with one attached hydrogen (secondary N) is 3. The molecule has 1 aromatic carbocycles. The Kier molecular flexibility index (Phi) is 4.70. The molecular formula is C25H17FN6OS. The predicted octanol–water partition coefficient (Wildman–Crippen LogP) is 5.59. The van der Waals surface area contributed by atoms with Gasteiger partial charge in [0.1, 0.15) is 22.7 Å². The summed E-state index contributed by atoms with van der Waals surface area (Å²) < 4.78 is 15.8. The zero-order valence-electron chi connectivity index (χ0n) is 17.9. The van der Waals surface area contributed by atoms with E-state index < -0.39 is 0 Å². The lowest BCUT2D eigenvalue weighted by atomic mass is 10.0. The molecule has 0 atom stereocenters. The molecule has 34 heavy (non-hydrogen) atoms. The van der Waals surface area contributed by atoms with Gasteiger partial charge in [0.15, 0.2) is 11.6 Å². The average molecular weight is 469 g/mol. The van der Waals surface area contributed by atoms with E-state index >= 15 is 4.39 Å². The first-order valence-corrected chi connectivity index (χ1v) is 11.3. The number of carbonyl (C=O) groups is 1. The molecule has 6 rings (SSSR count). The summed E-state index contributed by atoms with van der Waals surface area (Å²) in [6.07, 6.45) is 10.7. The minimum Gasteiger partial charge on any atom is -0.367 e. The number of hydrogen-bond donors (Lipinski definition) is 3. The number of thiophene rings is 1. The summed E-state index contributed by atoms with van der Waals surface area (Å²) in [4.78, 5) is 25.7. The maximum atomic E-state index is 15.8. The van der Waals surface area contributed by atoms with Gasteiger partial charge in [-0.05, 0) is 43.3 Å². The highest BCUT2D eigenvalue weighted by atomic mass is 32.1. The fourth-order valence-electron chi connectivity index (χ4n) is 3.97. The maximum absolute atomic E-state index is 15.8. The molecule has 1 aliphatic rings. The molecule has 0 amide bonds. The molecule has 0 saturated carbocycles. The van der Waals surface area contributed by atoms with Crippen molar-refractivity contribution in [3.05, 3.63) is 83.4 Å². The van der Waals surface area contributed by atoms with Gasteiger partial charge in [-0.1, -0.05) is 12.2 Å². The van der Waals surface area contributed by atoms with Crippen LogP contribution in [-0.4, -0.2) is 30.9 Å². The zero-order valence-corrected chi connectivity index (χ0v) is 18.7. The molecule has 0 fully saturated rings. The lowest BCUT2D eigenvalue weighted by Gasteiger charge is -2.06. The van der Waals surface area contributed by atoms with Crippen molar-refractivity contribution in [2.75, 3.05) is 0 Å². The summed E-state index contributed by atoms with van der Waals surface area (Å²) in [5, 5.41) is 10.7. The molecule has 0 saturated heterocycles. The van der Waals surface area contributed by atoms with Gasteiger partial charge in [-0.15, -0.1) is 11.3 Å². The first-order valence-electron chi connectivity index (χ1n) is 10.5. The van der Waals surface area contributed by atoms with Gasteiger partial charge in [-0.25, -0.2) is 9.37 Å². The Bertz CT molecular complexity index is 1690. The summed E-state index contributed by atoms with van der Waals surface area (Å²) in [5.41, 5.74) is 4.16. The predicted molar refractivity (Wildman–Crippen MR) is 132 cm³/mol. The number of fused-ring (bicyclic) bond motifs is 2. The smallest absolute Gasteiger partial charge is 0.169 e. The van der Waals surface area contributed by atoms with Crippen LogP contribution in [0.2, 0.25) is 0 Å². The number of hydrogen-bond acceptors (Lipinski definition) is 6. The van der Waals surface area contributed by atoms with Gasteiger partial charge in [-0.3, -0.25) is 14.9 Å². The van der Waals surface area contributed by atoms with Gasteiger partial charge >= 0.3 is 0 Å². The average Bonchev–Trinajstić information content (AvgIpc) is 3.54. The van der Waals surface area contributed by atoms with E-state index in [0.717, 1.165) is 10.4 Å². The van der Waals surface area contributed by atoms with Crippen LogP contribution in [0.25, 0.3) is 49.6 Å². The highest BCUT2D eigenvalue weighted by Gasteiger charge is 2.21. The quantitative estimate of drug-likeness (QED) is 0.299. The number of ketones is 1. The molecule has 5 aromatic rings. The number of allylic oxidation sites excluding steroid dienone is 4. The van der Waals surface area contributed by atoms with Crippen LogP contribution in [0.1, 0.15) is 22.2 Å². The van der Waals surface area contributed by atoms with Gasteiger partial charge in [0.2, 0.25) is 0 Å². The topological polar surface area (TPSA) is 99.4 Å². The van der Waals surface area contributed by atoms with Crippen LogP contribution in [-0.2, 0) is 0 Å². The van der Waals surface area contributed by atoms with Crippen LogP contribution in [0.5, 0.6) is 0 Å². The lowest BCUT2D eigenvalue weighted by molar-refractivity contribution is 0.102. The van der Waals surface area contributed by atoms with E-state index in [1.807, 2.05) is 36.4 Å². The molecule has 3 N–H and O–H groups in total. The van der Waals surface area contributed by atoms with Gasteiger partial charge < -0.3 is 10.3 Å². The van der Waals surface area contributed by atoms with E-state index in [0.29, 0.717) is 49.6 Å². The van der Waals surface area contributed by atoms with E-state index in [9.17, 15) is 4.79 Å². The van der Waals surface area contributed by atoms with Crippen molar-refractivity contribution < 1.29 is 9.18 Å². The van der Waals surface area contributed by atoms with Crippen molar-refractivity contribution >= 4 is 44.6 Å². The van der Waals surface area contributed by atoms with Gasteiger partial charge in [0.25, 0.3) is 0 Å². The normalized spacial score (nSPS) is 13.3. The van der Waals surface area contributed by atoms with Crippen LogP contribution in [0.3, 0.4) is 0 Å². The molecule has 166 valence electrons. The molecule has 0 unspecified atom stereocenters. The lowest BCUT2D eigenvalue weighted by Crippen LogP contribution is -1.96. The van der Waals surface area contributed by atoms with Crippen LogP contribution in [0.4, 0.5) is 4.39 Å². The van der Waals surface area contributed by atoms with Gasteiger partial charge in [0, 0.05) is 29.7 Å². The first-order chi connectivity index (χ1) is 16.6. The second kappa shape index (κ2) is 7.89. The molecule has 7 nitrogen and oxygen atoms in total. The van der Waals surface area contributed by atoms with Crippen molar-refractivity contribution in [3.63, 3.8) is 0 Å². The van der Waals surface area contributed by atoms with Gasteiger partial charge in [-0.2, -0.15) is 5.10 Å². The molecule has 0 aliphatic carbocycles. The summed E-state index contributed by atoms with van der Waals surface area (Å²) in [6, 6.07) is 9.00. The molecule has 0 spiro atoms. The van der Waals surface area contributed by atoms with E-state index in [4.69, 9.17) is 4.98 Å². The largest absolute Gasteiger partial charge is 0.367 e.